The highest BCUT2D eigenvalue weighted by molar-refractivity contribution is 6.08. The first-order valence-corrected chi connectivity index (χ1v) is 15.7. The van der Waals surface area contributed by atoms with Gasteiger partial charge < -0.3 is 19.3 Å². The summed E-state index contributed by atoms with van der Waals surface area (Å²) in [6.07, 6.45) is 14.2. The van der Waals surface area contributed by atoms with Gasteiger partial charge in [-0.05, 0) is 73.6 Å². The number of piperazine rings is 1. The molecule has 8 heteroatoms. The first kappa shape index (κ1) is 37.1. The lowest BCUT2D eigenvalue weighted by atomic mass is 9.79. The maximum Gasteiger partial charge on any atom is 0.410 e. The molecule has 1 aliphatic carbocycles. The minimum atomic E-state index is -0.513. The Kier molecular flexibility index (Phi) is 16.4. The lowest BCUT2D eigenvalue weighted by molar-refractivity contribution is -0.147. The predicted molar refractivity (Wildman–Crippen MR) is 171 cm³/mol. The summed E-state index contributed by atoms with van der Waals surface area (Å²) in [5.41, 5.74) is 2.75. The minimum Gasteiger partial charge on any atom is -0.469 e. The molecule has 1 saturated heterocycles. The number of allylic oxidation sites excluding steroid dienone is 5. The summed E-state index contributed by atoms with van der Waals surface area (Å²) in [5, 5.41) is 0. The molecule has 1 aliphatic heterocycles. The van der Waals surface area contributed by atoms with Gasteiger partial charge in [-0.1, -0.05) is 51.7 Å². The molecule has 1 heterocycles. The first-order valence-electron chi connectivity index (χ1n) is 15.7. The molecule has 1 amide bonds. The maximum absolute atomic E-state index is 12.5. The zero-order chi connectivity index (χ0) is 31.9. The van der Waals surface area contributed by atoms with E-state index < -0.39 is 5.60 Å². The molecule has 2 rings (SSSR count). The van der Waals surface area contributed by atoms with Crippen LogP contribution in [-0.4, -0.2) is 72.2 Å². The van der Waals surface area contributed by atoms with E-state index in [0.29, 0.717) is 25.2 Å². The molecule has 0 spiro atoms. The van der Waals surface area contributed by atoms with Crippen LogP contribution in [0.5, 0.6) is 0 Å². The Morgan fingerprint density at radius 1 is 1.10 bits per heavy atom. The molecule has 1 saturated carbocycles. The van der Waals surface area contributed by atoms with E-state index in [-0.39, 0.29) is 24.0 Å². The summed E-state index contributed by atoms with van der Waals surface area (Å²) >= 11 is 0. The third kappa shape index (κ3) is 12.1. The van der Waals surface area contributed by atoms with Crippen molar-refractivity contribution in [1.82, 2.24) is 9.80 Å². The number of aldehydes is 1. The van der Waals surface area contributed by atoms with Crippen LogP contribution in [0.15, 0.2) is 40.2 Å². The number of hydrogen-bond donors (Lipinski definition) is 0. The van der Waals surface area contributed by atoms with Crippen molar-refractivity contribution in [2.24, 2.45) is 16.8 Å². The third-order valence-corrected chi connectivity index (χ3v) is 7.80. The molecule has 0 radical (unpaired) electrons. The van der Waals surface area contributed by atoms with Gasteiger partial charge >= 0.3 is 12.1 Å². The number of amides is 1. The quantitative estimate of drug-likeness (QED) is 0.0913. The minimum absolute atomic E-state index is 0.000744. The van der Waals surface area contributed by atoms with E-state index in [1.807, 2.05) is 60.6 Å². The Balaban J connectivity index is 0.000000563. The highest BCUT2D eigenvalue weighted by Gasteiger charge is 2.32. The molecular weight excluding hydrogens is 530 g/mol. The zero-order valence-electron chi connectivity index (χ0n) is 28.0. The number of carbonyl (C=O) groups is 3. The van der Waals surface area contributed by atoms with E-state index in [9.17, 15) is 14.4 Å². The molecule has 0 aromatic carbocycles. The van der Waals surface area contributed by atoms with E-state index in [1.165, 1.54) is 32.8 Å². The predicted octanol–water partition coefficient (Wildman–Crippen LogP) is 7.50. The summed E-state index contributed by atoms with van der Waals surface area (Å²) in [7, 11) is 1.49. The van der Waals surface area contributed by atoms with E-state index >= 15 is 0 Å². The van der Waals surface area contributed by atoms with Gasteiger partial charge in [0.1, 0.15) is 11.9 Å². The lowest BCUT2D eigenvalue weighted by Crippen LogP contribution is -2.54. The number of rotatable bonds is 9. The summed E-state index contributed by atoms with van der Waals surface area (Å²) < 4.78 is 10.3. The average Bonchev–Trinajstić information content (AvgIpc) is 2.94. The summed E-state index contributed by atoms with van der Waals surface area (Å²) in [5.74, 6) is 0.957. The number of nitrogens with zero attached hydrogens (tertiary/aromatic N) is 3. The van der Waals surface area contributed by atoms with Gasteiger partial charge in [0.05, 0.1) is 13.0 Å². The fourth-order valence-corrected chi connectivity index (χ4v) is 5.64. The van der Waals surface area contributed by atoms with Crippen LogP contribution in [0.1, 0.15) is 107 Å². The smallest absolute Gasteiger partial charge is 0.410 e. The summed E-state index contributed by atoms with van der Waals surface area (Å²) in [6, 6.07) is -0.00248. The van der Waals surface area contributed by atoms with Gasteiger partial charge in [-0.2, -0.15) is 0 Å². The molecule has 8 nitrogen and oxygen atoms in total. The topological polar surface area (TPSA) is 88.5 Å². The van der Waals surface area contributed by atoms with Crippen LogP contribution < -0.4 is 0 Å². The van der Waals surface area contributed by atoms with Crippen molar-refractivity contribution in [3.05, 3.63) is 35.2 Å². The Morgan fingerprint density at radius 3 is 2.31 bits per heavy atom. The molecular formula is C34H57N3O5. The fraction of sp³-hybridized carbons (Fsp3) is 0.706. The number of hydrogen-bond acceptors (Lipinski definition) is 7. The number of esters is 1. The van der Waals surface area contributed by atoms with Crippen LogP contribution in [0.25, 0.3) is 0 Å². The van der Waals surface area contributed by atoms with Gasteiger partial charge in [0.25, 0.3) is 0 Å². The fourth-order valence-electron chi connectivity index (χ4n) is 5.64. The van der Waals surface area contributed by atoms with Crippen LogP contribution >= 0.6 is 0 Å². The Labute approximate surface area is 255 Å². The third-order valence-electron chi connectivity index (χ3n) is 7.80. The molecule has 42 heavy (non-hydrogen) atoms. The zero-order valence-corrected chi connectivity index (χ0v) is 28.0. The standard InChI is InChI=1S/C23H37N3O3.C11H20O2/c1-9-11-12-24-18(4)21(20(10-2)16-27)19(5)25-13-14-26(17(3)15-25)22(28)29-23(6,7)8;1-3-5-9-6-4-7-10(8-9)11(12)13-2/h10-12,16-17H,9,13-15H2,1-8H3;9-10H,3-8H2,1-2H3/b12-11+,20-10-,21-19-,24-18+;. The second kappa shape index (κ2) is 18.6. The van der Waals surface area contributed by atoms with Crippen molar-refractivity contribution in [2.75, 3.05) is 26.7 Å². The van der Waals surface area contributed by atoms with E-state index in [2.05, 4.69) is 23.7 Å². The molecule has 3 atom stereocenters. The highest BCUT2D eigenvalue weighted by atomic mass is 16.6. The van der Waals surface area contributed by atoms with E-state index in [1.54, 1.807) is 11.1 Å². The number of carbonyl (C=O) groups excluding carboxylic acids is 3. The van der Waals surface area contributed by atoms with E-state index in [4.69, 9.17) is 9.47 Å². The van der Waals surface area contributed by atoms with Crippen LogP contribution in [0, 0.1) is 11.8 Å². The van der Waals surface area contributed by atoms with Gasteiger partial charge in [0, 0.05) is 54.4 Å². The van der Waals surface area contributed by atoms with Crippen molar-refractivity contribution < 1.29 is 23.9 Å². The molecule has 238 valence electrons. The van der Waals surface area contributed by atoms with Crippen molar-refractivity contribution >= 4 is 24.1 Å². The number of ether oxygens (including phenoxy) is 2. The number of methoxy groups -OCH3 is 1. The molecule has 3 unspecified atom stereocenters. The van der Waals surface area contributed by atoms with Crippen molar-refractivity contribution in [3.8, 4) is 0 Å². The second-order valence-corrected chi connectivity index (χ2v) is 12.3. The van der Waals surface area contributed by atoms with Gasteiger partial charge in [0.15, 0.2) is 0 Å². The largest absolute Gasteiger partial charge is 0.469 e. The first-order chi connectivity index (χ1) is 19.8. The van der Waals surface area contributed by atoms with Gasteiger partial charge in [-0.25, -0.2) is 4.79 Å². The van der Waals surface area contributed by atoms with Gasteiger partial charge in [0.2, 0.25) is 0 Å². The van der Waals surface area contributed by atoms with Crippen molar-refractivity contribution in [3.63, 3.8) is 0 Å². The Bertz CT molecular complexity index is 1000. The molecule has 0 N–H and O–H groups in total. The molecule has 0 aromatic rings. The summed E-state index contributed by atoms with van der Waals surface area (Å²) in [6.45, 7) is 19.6. The SMILES string of the molecule is CCCC1CCCC(C(=O)OC)C1.C\C=C(C=O)/C(C(/C)=N/C=C/CC)=C(/C)N1CCN(C(=O)OC(C)(C)C)C(C)C1. The molecule has 0 bridgehead atoms. The summed E-state index contributed by atoms with van der Waals surface area (Å²) in [4.78, 5) is 44.0. The molecule has 2 fully saturated rings. The Hall–Kier alpha value is -2.90. The Morgan fingerprint density at radius 2 is 1.79 bits per heavy atom. The maximum atomic E-state index is 12.5. The number of aliphatic imine (C=N–C) groups is 1. The second-order valence-electron chi connectivity index (χ2n) is 12.3. The molecule has 2 aliphatic rings. The highest BCUT2D eigenvalue weighted by Crippen LogP contribution is 2.32. The van der Waals surface area contributed by atoms with Gasteiger partial charge in [-0.15, -0.1) is 0 Å². The van der Waals surface area contributed by atoms with Crippen LogP contribution in [0.3, 0.4) is 0 Å². The van der Waals surface area contributed by atoms with Crippen molar-refractivity contribution in [1.29, 1.82) is 0 Å². The van der Waals surface area contributed by atoms with Gasteiger partial charge in [-0.3, -0.25) is 14.6 Å². The monoisotopic (exact) mass is 587 g/mol. The molecule has 0 aromatic heterocycles. The van der Waals surface area contributed by atoms with E-state index in [0.717, 1.165) is 48.4 Å². The normalized spacial score (nSPS) is 22.7. The van der Waals surface area contributed by atoms with Crippen molar-refractivity contribution in [2.45, 2.75) is 119 Å². The van der Waals surface area contributed by atoms with Crippen LogP contribution in [0.2, 0.25) is 0 Å². The average molecular weight is 588 g/mol. The van der Waals surface area contributed by atoms with Crippen LogP contribution in [0.4, 0.5) is 4.79 Å². The lowest BCUT2D eigenvalue weighted by Gasteiger charge is -2.42. The van der Waals surface area contributed by atoms with Crippen LogP contribution in [-0.2, 0) is 19.1 Å².